The average molecular weight is 297 g/mol. The molecule has 2 aromatic carbocycles. The van der Waals surface area contributed by atoms with Crippen LogP contribution in [0.5, 0.6) is 5.75 Å². The molecule has 1 atom stereocenters. The summed E-state index contributed by atoms with van der Waals surface area (Å²) in [4.78, 5) is 0. The maximum absolute atomic E-state index is 9.83. The predicted molar refractivity (Wildman–Crippen MR) is 79.9 cm³/mol. The number of hydrogen-bond acceptors (Lipinski definition) is 2. The molecule has 0 heterocycles. The molecule has 0 saturated heterocycles. The minimum atomic E-state index is -0.613. The Kier molecular flexibility index (Phi) is 4.70. The van der Waals surface area contributed by atoms with Crippen LogP contribution < -0.4 is 4.74 Å². The Balaban J connectivity index is 2.49. The summed E-state index contributed by atoms with van der Waals surface area (Å²) in [6.07, 6.45) is -0.613. The summed E-state index contributed by atoms with van der Waals surface area (Å²) in [5.41, 5.74) is 2.01. The van der Waals surface area contributed by atoms with Crippen LogP contribution in [-0.2, 0) is 0 Å². The maximum atomic E-state index is 9.83. The van der Waals surface area contributed by atoms with Gasteiger partial charge in [0, 0.05) is 16.5 Å². The summed E-state index contributed by atoms with van der Waals surface area (Å²) in [5, 5.41) is 12.2. The standard InChI is InChI=1S/C15H14Cl2O2/c1-10(18)13-7-6-11-4-2-3-5-14(11)15(13)19-9-12(17)8-16/h2-8,10,18H,9H2,1H3/t10-/m1/s1. The topological polar surface area (TPSA) is 29.5 Å². The van der Waals surface area contributed by atoms with Crippen molar-refractivity contribution in [2.75, 3.05) is 6.61 Å². The quantitative estimate of drug-likeness (QED) is 0.894. The molecule has 0 aliphatic rings. The van der Waals surface area contributed by atoms with Gasteiger partial charge < -0.3 is 9.84 Å². The molecule has 0 spiro atoms. The molecule has 100 valence electrons. The number of benzene rings is 2. The number of rotatable bonds is 4. The fraction of sp³-hybridized carbons (Fsp3) is 0.200. The Morgan fingerprint density at radius 3 is 2.74 bits per heavy atom. The highest BCUT2D eigenvalue weighted by atomic mass is 35.5. The minimum absolute atomic E-state index is 0.179. The van der Waals surface area contributed by atoms with Gasteiger partial charge in [-0.25, -0.2) is 0 Å². The molecule has 2 nitrogen and oxygen atoms in total. The van der Waals surface area contributed by atoms with Crippen molar-refractivity contribution in [2.24, 2.45) is 0 Å². The van der Waals surface area contributed by atoms with Crippen LogP contribution >= 0.6 is 23.2 Å². The molecule has 0 saturated carbocycles. The second kappa shape index (κ2) is 6.29. The Hall–Kier alpha value is -1.22. The fourth-order valence-corrected chi connectivity index (χ4v) is 2.04. The van der Waals surface area contributed by atoms with E-state index in [9.17, 15) is 5.11 Å². The first-order valence-corrected chi connectivity index (χ1v) is 6.72. The van der Waals surface area contributed by atoms with Gasteiger partial charge >= 0.3 is 0 Å². The molecule has 2 rings (SSSR count). The van der Waals surface area contributed by atoms with Crippen molar-refractivity contribution in [3.8, 4) is 5.75 Å². The van der Waals surface area contributed by atoms with Gasteiger partial charge in [-0.1, -0.05) is 59.6 Å². The molecular formula is C15H14Cl2O2. The second-order valence-corrected chi connectivity index (χ2v) is 4.93. The molecule has 0 unspecified atom stereocenters. The van der Waals surface area contributed by atoms with Crippen LogP contribution in [0.2, 0.25) is 0 Å². The van der Waals surface area contributed by atoms with Crippen LogP contribution in [0, 0.1) is 0 Å². The Morgan fingerprint density at radius 1 is 1.32 bits per heavy atom. The van der Waals surface area contributed by atoms with Crippen LogP contribution in [0.15, 0.2) is 47.0 Å². The lowest BCUT2D eigenvalue weighted by Gasteiger charge is -2.16. The molecule has 0 bridgehead atoms. The van der Waals surface area contributed by atoms with Crippen LogP contribution in [0.4, 0.5) is 0 Å². The Morgan fingerprint density at radius 2 is 2.05 bits per heavy atom. The summed E-state index contributed by atoms with van der Waals surface area (Å²) in [5.74, 6) is 0.643. The van der Waals surface area contributed by atoms with Gasteiger partial charge in [-0.2, -0.15) is 0 Å². The van der Waals surface area contributed by atoms with Gasteiger partial charge in [0.15, 0.2) is 0 Å². The van der Waals surface area contributed by atoms with Gasteiger partial charge in [-0.05, 0) is 12.3 Å². The molecule has 2 aromatic rings. The third-order valence-electron chi connectivity index (χ3n) is 2.83. The molecule has 0 aromatic heterocycles. The van der Waals surface area contributed by atoms with Gasteiger partial charge in [-0.15, -0.1) is 0 Å². The highest BCUT2D eigenvalue weighted by Crippen LogP contribution is 2.34. The first-order valence-electron chi connectivity index (χ1n) is 5.90. The summed E-state index contributed by atoms with van der Waals surface area (Å²) in [6, 6.07) is 11.7. The van der Waals surface area contributed by atoms with Crippen molar-refractivity contribution < 1.29 is 9.84 Å². The SMILES string of the molecule is C[C@@H](O)c1ccc2ccccc2c1OCC(Cl)=CCl. The maximum Gasteiger partial charge on any atom is 0.133 e. The van der Waals surface area contributed by atoms with E-state index in [0.717, 1.165) is 16.3 Å². The Bertz CT molecular complexity index is 606. The number of fused-ring (bicyclic) bond motifs is 1. The predicted octanol–water partition coefficient (Wildman–Crippen LogP) is 4.59. The lowest BCUT2D eigenvalue weighted by Crippen LogP contribution is -2.03. The Labute approximate surface area is 122 Å². The van der Waals surface area contributed by atoms with Gasteiger partial charge in [-0.3, -0.25) is 0 Å². The van der Waals surface area contributed by atoms with E-state index >= 15 is 0 Å². The van der Waals surface area contributed by atoms with Gasteiger partial charge in [0.25, 0.3) is 0 Å². The van der Waals surface area contributed by atoms with Crippen LogP contribution in [-0.4, -0.2) is 11.7 Å². The van der Waals surface area contributed by atoms with E-state index < -0.39 is 6.10 Å². The third kappa shape index (κ3) is 3.21. The highest BCUT2D eigenvalue weighted by molar-refractivity contribution is 6.36. The molecule has 4 heteroatoms. The molecule has 19 heavy (non-hydrogen) atoms. The van der Waals surface area contributed by atoms with Gasteiger partial charge in [0.05, 0.1) is 11.1 Å². The number of halogens is 2. The van der Waals surface area contributed by atoms with E-state index in [-0.39, 0.29) is 6.61 Å². The van der Waals surface area contributed by atoms with Crippen molar-refractivity contribution in [3.63, 3.8) is 0 Å². The second-order valence-electron chi connectivity index (χ2n) is 4.23. The molecule has 0 fully saturated rings. The molecule has 0 aliphatic heterocycles. The zero-order valence-electron chi connectivity index (χ0n) is 10.4. The van der Waals surface area contributed by atoms with Crippen LogP contribution in [0.1, 0.15) is 18.6 Å². The smallest absolute Gasteiger partial charge is 0.133 e. The first-order chi connectivity index (χ1) is 9.13. The van der Waals surface area contributed by atoms with E-state index in [1.54, 1.807) is 6.92 Å². The number of aliphatic hydroxyl groups excluding tert-OH is 1. The largest absolute Gasteiger partial charge is 0.487 e. The number of aliphatic hydroxyl groups is 1. The molecule has 0 radical (unpaired) electrons. The van der Waals surface area contributed by atoms with E-state index in [2.05, 4.69) is 0 Å². The number of ether oxygens (including phenoxy) is 1. The highest BCUT2D eigenvalue weighted by Gasteiger charge is 2.13. The van der Waals surface area contributed by atoms with E-state index in [0.29, 0.717) is 10.8 Å². The van der Waals surface area contributed by atoms with Crippen molar-refractivity contribution in [2.45, 2.75) is 13.0 Å². The van der Waals surface area contributed by atoms with Crippen LogP contribution in [0.25, 0.3) is 10.8 Å². The van der Waals surface area contributed by atoms with Gasteiger partial charge in [0.1, 0.15) is 12.4 Å². The van der Waals surface area contributed by atoms with Crippen molar-refractivity contribution in [1.29, 1.82) is 0 Å². The molecular weight excluding hydrogens is 283 g/mol. The van der Waals surface area contributed by atoms with E-state index in [4.69, 9.17) is 27.9 Å². The summed E-state index contributed by atoms with van der Waals surface area (Å²) >= 11 is 11.4. The zero-order chi connectivity index (χ0) is 13.8. The molecule has 0 aliphatic carbocycles. The fourth-order valence-electron chi connectivity index (χ4n) is 1.92. The monoisotopic (exact) mass is 296 g/mol. The first kappa shape index (κ1) is 14.2. The van der Waals surface area contributed by atoms with Crippen molar-refractivity contribution in [3.05, 3.63) is 52.5 Å². The zero-order valence-corrected chi connectivity index (χ0v) is 11.9. The molecule has 0 amide bonds. The minimum Gasteiger partial charge on any atom is -0.487 e. The van der Waals surface area contributed by atoms with Gasteiger partial charge in [0.2, 0.25) is 0 Å². The van der Waals surface area contributed by atoms with E-state index in [1.165, 1.54) is 5.54 Å². The number of hydrogen-bond donors (Lipinski definition) is 1. The van der Waals surface area contributed by atoms with E-state index in [1.807, 2.05) is 36.4 Å². The summed E-state index contributed by atoms with van der Waals surface area (Å²) < 4.78 is 5.72. The summed E-state index contributed by atoms with van der Waals surface area (Å²) in [6.45, 7) is 1.88. The summed E-state index contributed by atoms with van der Waals surface area (Å²) in [7, 11) is 0. The molecule has 1 N–H and O–H groups in total. The lowest BCUT2D eigenvalue weighted by molar-refractivity contribution is 0.193. The third-order valence-corrected chi connectivity index (χ3v) is 3.43. The van der Waals surface area contributed by atoms with Crippen LogP contribution in [0.3, 0.4) is 0 Å². The van der Waals surface area contributed by atoms with Crippen molar-refractivity contribution in [1.82, 2.24) is 0 Å². The average Bonchev–Trinajstić information content (AvgIpc) is 2.43. The lowest BCUT2D eigenvalue weighted by atomic mass is 10.0. The van der Waals surface area contributed by atoms with Crippen molar-refractivity contribution >= 4 is 34.0 Å². The normalized spacial score (nSPS) is 13.6.